The first-order valence-corrected chi connectivity index (χ1v) is 17.5. The van der Waals surface area contributed by atoms with Crippen molar-refractivity contribution in [3.8, 4) is 0 Å². The van der Waals surface area contributed by atoms with Crippen molar-refractivity contribution in [3.05, 3.63) is 0 Å². The predicted molar refractivity (Wildman–Crippen MR) is 167 cm³/mol. The van der Waals surface area contributed by atoms with Gasteiger partial charge in [0.2, 0.25) is 23.1 Å². The van der Waals surface area contributed by atoms with E-state index in [1.54, 1.807) is 0 Å². The molecule has 26 heteroatoms. The smallest absolute Gasteiger partial charge is 0.222 e. The topological polar surface area (TPSA) is 427 Å². The standard InChI is InChI=1S/C30H52O26/c31-1-10-16(37)22(43)27(6-34,53-10)48-5-14-19(40)25(46)29(56-14,49-4-13-15(36)20(41)21(42)26(47)52-13)8-51-30(24(45)18(39)12(3-33)55-30)9-50-28(7-35)23(44)17(38)11(2-32)54-28/h10-26,31-47H,1-9H2/t10-,11-,12-,13-,14-,15-,16-,17-,18-,19-,20+,21-,22+,23+,24+,25+,26?,27-,28-,29-,30-/m1/s1. The third kappa shape index (κ3) is 8.09. The quantitative estimate of drug-likeness (QED) is 0.0647. The van der Waals surface area contributed by atoms with Gasteiger partial charge in [-0.05, 0) is 0 Å². The highest BCUT2D eigenvalue weighted by atomic mass is 16.8. The average Bonchev–Trinajstić information content (AvgIpc) is 3.79. The highest BCUT2D eigenvalue weighted by molar-refractivity contribution is 5.04. The van der Waals surface area contributed by atoms with Crippen molar-refractivity contribution >= 4 is 0 Å². The van der Waals surface area contributed by atoms with Gasteiger partial charge in [0.05, 0.1) is 33.0 Å². The molecule has 0 radical (unpaired) electrons. The Morgan fingerprint density at radius 3 is 1.14 bits per heavy atom. The van der Waals surface area contributed by atoms with E-state index < -0.39 is 187 Å². The Bertz CT molecular complexity index is 1270. The van der Waals surface area contributed by atoms with Crippen LogP contribution >= 0.6 is 0 Å². The summed E-state index contributed by atoms with van der Waals surface area (Å²) in [5.74, 6) is -10.3. The van der Waals surface area contributed by atoms with E-state index in [-0.39, 0.29) is 0 Å². The Kier molecular flexibility index (Phi) is 14.7. The molecule has 56 heavy (non-hydrogen) atoms. The number of aliphatic hydroxyl groups is 17. The minimum absolute atomic E-state index is 0.813. The summed E-state index contributed by atoms with van der Waals surface area (Å²) in [6, 6.07) is 0. The van der Waals surface area contributed by atoms with Gasteiger partial charge >= 0.3 is 0 Å². The van der Waals surface area contributed by atoms with Crippen LogP contribution in [0.25, 0.3) is 0 Å². The van der Waals surface area contributed by atoms with Crippen LogP contribution in [0, 0.1) is 0 Å². The van der Waals surface area contributed by atoms with Crippen LogP contribution in [0.15, 0.2) is 0 Å². The Morgan fingerprint density at radius 2 is 0.696 bits per heavy atom. The van der Waals surface area contributed by atoms with Gasteiger partial charge in [-0.25, -0.2) is 0 Å². The Labute approximate surface area is 316 Å². The van der Waals surface area contributed by atoms with Crippen LogP contribution in [-0.2, 0) is 42.6 Å². The second-order valence-corrected chi connectivity index (χ2v) is 14.2. The van der Waals surface area contributed by atoms with E-state index in [2.05, 4.69) is 0 Å². The van der Waals surface area contributed by atoms with Crippen molar-refractivity contribution in [1.29, 1.82) is 0 Å². The molecule has 0 aromatic carbocycles. The summed E-state index contributed by atoms with van der Waals surface area (Å²) >= 11 is 0. The van der Waals surface area contributed by atoms with E-state index in [0.29, 0.717) is 0 Å². The van der Waals surface area contributed by atoms with Gasteiger partial charge in [0.25, 0.3) is 0 Å². The van der Waals surface area contributed by atoms with Crippen LogP contribution in [-0.4, -0.2) is 273 Å². The lowest BCUT2D eigenvalue weighted by Crippen LogP contribution is -2.61. The molecular weight excluding hydrogens is 776 g/mol. The summed E-state index contributed by atoms with van der Waals surface area (Å²) in [6.07, 6.45) is -31.9. The van der Waals surface area contributed by atoms with Crippen molar-refractivity contribution in [1.82, 2.24) is 0 Å². The van der Waals surface area contributed by atoms with E-state index in [1.165, 1.54) is 0 Å². The number of hydrogen-bond acceptors (Lipinski definition) is 26. The molecule has 5 fully saturated rings. The third-order valence-electron chi connectivity index (χ3n) is 10.7. The van der Waals surface area contributed by atoms with Crippen molar-refractivity contribution in [2.45, 2.75) is 127 Å². The molecule has 5 saturated heterocycles. The summed E-state index contributed by atoms with van der Waals surface area (Å²) < 4.78 is 50.1. The third-order valence-corrected chi connectivity index (χ3v) is 10.7. The Hall–Kier alpha value is -1.04. The molecule has 0 aromatic heterocycles. The first-order valence-electron chi connectivity index (χ1n) is 17.5. The molecule has 5 rings (SSSR count). The lowest BCUT2D eigenvalue weighted by molar-refractivity contribution is -0.371. The predicted octanol–water partition coefficient (Wildman–Crippen LogP) is -11.9. The van der Waals surface area contributed by atoms with Crippen LogP contribution in [0.4, 0.5) is 0 Å². The lowest BCUT2D eigenvalue weighted by Gasteiger charge is -2.42. The molecule has 5 aliphatic rings. The minimum atomic E-state index is -2.73. The highest BCUT2D eigenvalue weighted by Crippen LogP contribution is 2.42. The zero-order chi connectivity index (χ0) is 41.5. The average molecular weight is 829 g/mol. The normalized spacial score (nSPS) is 52.3. The van der Waals surface area contributed by atoms with E-state index in [4.69, 9.17) is 42.6 Å². The molecule has 5 heterocycles. The van der Waals surface area contributed by atoms with Crippen molar-refractivity contribution in [3.63, 3.8) is 0 Å². The first-order chi connectivity index (χ1) is 26.4. The monoisotopic (exact) mass is 828 g/mol. The lowest BCUT2D eigenvalue weighted by atomic mass is 9.99. The van der Waals surface area contributed by atoms with Gasteiger partial charge in [0.1, 0.15) is 124 Å². The van der Waals surface area contributed by atoms with E-state index in [9.17, 15) is 86.8 Å². The summed E-state index contributed by atoms with van der Waals surface area (Å²) in [4.78, 5) is 0. The molecule has 0 spiro atoms. The van der Waals surface area contributed by atoms with Crippen molar-refractivity contribution < 1.29 is 129 Å². The zero-order valence-electron chi connectivity index (χ0n) is 29.5. The Balaban J connectivity index is 1.43. The van der Waals surface area contributed by atoms with Crippen LogP contribution in [0.2, 0.25) is 0 Å². The van der Waals surface area contributed by atoms with Gasteiger partial charge in [-0.3, -0.25) is 0 Å². The van der Waals surface area contributed by atoms with E-state index in [1.807, 2.05) is 0 Å². The van der Waals surface area contributed by atoms with Crippen LogP contribution < -0.4 is 0 Å². The maximum absolute atomic E-state index is 11.4. The number of rotatable bonds is 17. The summed E-state index contributed by atoms with van der Waals surface area (Å²) in [5, 5.41) is 176. The second kappa shape index (κ2) is 17.9. The van der Waals surface area contributed by atoms with Gasteiger partial charge < -0.3 is 129 Å². The fourth-order valence-corrected chi connectivity index (χ4v) is 7.12. The molecule has 21 atom stereocenters. The van der Waals surface area contributed by atoms with Crippen LogP contribution in [0.5, 0.6) is 0 Å². The van der Waals surface area contributed by atoms with Crippen molar-refractivity contribution in [2.75, 3.05) is 59.5 Å². The second-order valence-electron chi connectivity index (χ2n) is 14.2. The van der Waals surface area contributed by atoms with Crippen LogP contribution in [0.3, 0.4) is 0 Å². The van der Waals surface area contributed by atoms with Crippen molar-refractivity contribution in [2.24, 2.45) is 0 Å². The maximum Gasteiger partial charge on any atom is 0.222 e. The van der Waals surface area contributed by atoms with Gasteiger partial charge in [-0.15, -0.1) is 0 Å². The summed E-state index contributed by atoms with van der Waals surface area (Å²) in [5.41, 5.74) is 0. The minimum Gasteiger partial charge on any atom is -0.394 e. The molecule has 328 valence electrons. The molecule has 26 nitrogen and oxygen atoms in total. The molecule has 0 bridgehead atoms. The molecular formula is C30H52O26. The van der Waals surface area contributed by atoms with Gasteiger partial charge in [-0.2, -0.15) is 0 Å². The van der Waals surface area contributed by atoms with Gasteiger partial charge in [-0.1, -0.05) is 0 Å². The van der Waals surface area contributed by atoms with Crippen LogP contribution in [0.1, 0.15) is 0 Å². The van der Waals surface area contributed by atoms with E-state index >= 15 is 0 Å². The summed E-state index contributed by atoms with van der Waals surface area (Å²) in [6.45, 7) is -9.09. The largest absolute Gasteiger partial charge is 0.394 e. The van der Waals surface area contributed by atoms with Gasteiger partial charge in [0.15, 0.2) is 6.29 Å². The molecule has 0 amide bonds. The number of ether oxygens (including phenoxy) is 9. The first kappa shape index (κ1) is 46.0. The number of hydrogen-bond donors (Lipinski definition) is 17. The molecule has 0 aliphatic carbocycles. The number of aliphatic hydroxyl groups excluding tert-OH is 17. The highest BCUT2D eigenvalue weighted by Gasteiger charge is 2.64. The fourth-order valence-electron chi connectivity index (χ4n) is 7.12. The molecule has 5 aliphatic heterocycles. The van der Waals surface area contributed by atoms with E-state index in [0.717, 1.165) is 0 Å². The maximum atomic E-state index is 11.4. The molecule has 0 saturated carbocycles. The Morgan fingerprint density at radius 1 is 0.357 bits per heavy atom. The summed E-state index contributed by atoms with van der Waals surface area (Å²) in [7, 11) is 0. The molecule has 17 N–H and O–H groups in total. The zero-order valence-corrected chi connectivity index (χ0v) is 29.5. The SMILES string of the molecule is OC[C@H]1O[C@@](CO)(OC[C@H]2O[C@@](CO[C@]3(CO[C@]4(CO)O[C@H](CO)[C@@H](O)[C@@H]4O)O[C@H](CO)[C@@H](O)[C@@H]3O)(OC[C@H]3OC(O)[C@H](O)[C@@H](O)[C@@H]3O)[C@@H](O)[C@@H]2O)[C@@H](O)[C@@H]1O. The van der Waals surface area contributed by atoms with Gasteiger partial charge in [0, 0.05) is 0 Å². The molecule has 1 unspecified atom stereocenters. The fraction of sp³-hybridized carbons (Fsp3) is 1.00. The molecule has 0 aromatic rings.